The highest BCUT2D eigenvalue weighted by Gasteiger charge is 2.27. The molecule has 1 unspecified atom stereocenters. The van der Waals surface area contributed by atoms with Gasteiger partial charge in [-0.05, 0) is 26.4 Å². The van der Waals surface area contributed by atoms with Gasteiger partial charge in [-0.3, -0.25) is 0 Å². The van der Waals surface area contributed by atoms with E-state index in [0.717, 1.165) is 13.0 Å². The molecule has 1 aliphatic rings. The minimum absolute atomic E-state index is 0.104. The van der Waals surface area contributed by atoms with Crippen LogP contribution in [0.15, 0.2) is 0 Å². The summed E-state index contributed by atoms with van der Waals surface area (Å²) in [5, 5.41) is 0. The normalized spacial score (nSPS) is 30.8. The van der Waals surface area contributed by atoms with Crippen LogP contribution in [-0.2, 0) is 0 Å². The van der Waals surface area contributed by atoms with E-state index < -0.39 is 0 Å². The number of hydrogen-bond donors (Lipinski definition) is 2. The van der Waals surface area contributed by atoms with Crippen molar-refractivity contribution in [3.05, 3.63) is 0 Å². The fourth-order valence-corrected chi connectivity index (χ4v) is 1.56. The highest BCUT2D eigenvalue weighted by molar-refractivity contribution is 4.91. The van der Waals surface area contributed by atoms with Gasteiger partial charge in [0.15, 0.2) is 0 Å². The molecule has 0 aromatic heterocycles. The minimum atomic E-state index is -0.104. The average molecular weight is 173 g/mol. The van der Waals surface area contributed by atoms with Crippen LogP contribution in [0.5, 0.6) is 0 Å². The fourth-order valence-electron chi connectivity index (χ4n) is 1.56. The van der Waals surface area contributed by atoms with Gasteiger partial charge in [0.2, 0.25) is 0 Å². The molecular formula is C9H23N3. The van der Waals surface area contributed by atoms with Crippen molar-refractivity contribution in [1.82, 2.24) is 4.90 Å². The quantitative estimate of drug-likeness (QED) is 0.603. The van der Waals surface area contributed by atoms with Crippen molar-refractivity contribution in [3.8, 4) is 0 Å². The molecule has 0 amide bonds. The van der Waals surface area contributed by atoms with Gasteiger partial charge in [0.1, 0.15) is 0 Å². The predicted molar refractivity (Wildman–Crippen MR) is 54.1 cm³/mol. The summed E-state index contributed by atoms with van der Waals surface area (Å²) in [6, 6.07) is 0. The van der Waals surface area contributed by atoms with Crippen molar-refractivity contribution in [2.45, 2.75) is 32.2 Å². The summed E-state index contributed by atoms with van der Waals surface area (Å²) < 4.78 is 0. The van der Waals surface area contributed by atoms with Gasteiger partial charge in [-0.25, -0.2) is 0 Å². The van der Waals surface area contributed by atoms with E-state index in [2.05, 4.69) is 11.9 Å². The molecule has 1 fully saturated rings. The van der Waals surface area contributed by atoms with E-state index in [4.69, 9.17) is 11.5 Å². The summed E-state index contributed by atoms with van der Waals surface area (Å²) in [5.74, 6) is 0. The van der Waals surface area contributed by atoms with Crippen LogP contribution in [-0.4, -0.2) is 37.1 Å². The minimum Gasteiger partial charge on any atom is -0.329 e. The van der Waals surface area contributed by atoms with Crippen molar-refractivity contribution < 1.29 is 0 Å². The van der Waals surface area contributed by atoms with Crippen molar-refractivity contribution in [2.75, 3.05) is 26.7 Å². The Kier molecular flexibility index (Phi) is 5.46. The Morgan fingerprint density at radius 2 is 2.00 bits per heavy atom. The molecule has 12 heavy (non-hydrogen) atoms. The van der Waals surface area contributed by atoms with Gasteiger partial charge in [-0.2, -0.15) is 0 Å². The molecule has 0 aromatic rings. The Balaban J connectivity index is 0.000000561. The van der Waals surface area contributed by atoms with Gasteiger partial charge in [-0.15, -0.1) is 0 Å². The van der Waals surface area contributed by atoms with Crippen molar-refractivity contribution >= 4 is 0 Å². The fraction of sp³-hybridized carbons (Fsp3) is 1.00. The van der Waals surface area contributed by atoms with Gasteiger partial charge >= 0.3 is 0 Å². The summed E-state index contributed by atoms with van der Waals surface area (Å²) in [6.07, 6.45) is 2.26. The summed E-state index contributed by atoms with van der Waals surface area (Å²) in [6.45, 7) is 6.72. The Morgan fingerprint density at radius 3 is 2.33 bits per heavy atom. The third-order valence-electron chi connectivity index (χ3n) is 2.21. The first-order valence-corrected chi connectivity index (χ1v) is 4.84. The molecular weight excluding hydrogens is 150 g/mol. The van der Waals surface area contributed by atoms with E-state index in [0.29, 0.717) is 6.54 Å². The van der Waals surface area contributed by atoms with Crippen LogP contribution in [0.2, 0.25) is 0 Å². The number of hydrogen-bond acceptors (Lipinski definition) is 3. The molecule has 3 nitrogen and oxygen atoms in total. The van der Waals surface area contributed by atoms with Crippen LogP contribution in [0, 0.1) is 0 Å². The zero-order valence-corrected chi connectivity index (χ0v) is 8.64. The molecule has 74 valence electrons. The smallest absolute Gasteiger partial charge is 0.0407 e. The second kappa shape index (κ2) is 5.51. The molecule has 1 heterocycles. The number of likely N-dealkylation sites (tertiary alicyclic amines) is 1. The average Bonchev–Trinajstić information content (AvgIpc) is 2.08. The highest BCUT2D eigenvalue weighted by atomic mass is 15.1. The van der Waals surface area contributed by atoms with E-state index in [1.807, 2.05) is 13.8 Å². The van der Waals surface area contributed by atoms with Crippen LogP contribution in [0.25, 0.3) is 0 Å². The zero-order chi connectivity index (χ0) is 9.61. The maximum atomic E-state index is 5.98. The lowest BCUT2D eigenvalue weighted by Gasteiger charge is -2.37. The topological polar surface area (TPSA) is 55.3 Å². The first kappa shape index (κ1) is 11.9. The number of rotatable bonds is 1. The summed E-state index contributed by atoms with van der Waals surface area (Å²) >= 11 is 0. The van der Waals surface area contributed by atoms with Crippen molar-refractivity contribution in [3.63, 3.8) is 0 Å². The lowest BCUT2D eigenvalue weighted by molar-refractivity contribution is 0.184. The third kappa shape index (κ3) is 3.52. The lowest BCUT2D eigenvalue weighted by atomic mass is 9.91. The number of nitrogens with two attached hydrogens (primary N) is 2. The molecule has 3 heteroatoms. The monoisotopic (exact) mass is 173 g/mol. The molecule has 0 aliphatic carbocycles. The van der Waals surface area contributed by atoms with E-state index in [1.165, 1.54) is 13.0 Å². The van der Waals surface area contributed by atoms with Gasteiger partial charge in [-0.1, -0.05) is 13.8 Å². The Labute approximate surface area is 76.1 Å². The number of piperidine rings is 1. The second-order valence-electron chi connectivity index (χ2n) is 3.41. The molecule has 0 aromatic carbocycles. The van der Waals surface area contributed by atoms with E-state index in [-0.39, 0.29) is 5.54 Å². The molecule has 1 atom stereocenters. The second-order valence-corrected chi connectivity index (χ2v) is 3.41. The molecule has 4 N–H and O–H groups in total. The van der Waals surface area contributed by atoms with Gasteiger partial charge in [0, 0.05) is 18.6 Å². The van der Waals surface area contributed by atoms with Crippen LogP contribution in [0.4, 0.5) is 0 Å². The highest BCUT2D eigenvalue weighted by Crippen LogP contribution is 2.15. The predicted octanol–water partition coefficient (Wildman–Crippen LogP) is 0.394. The Morgan fingerprint density at radius 1 is 1.42 bits per heavy atom. The van der Waals surface area contributed by atoms with Crippen LogP contribution in [0.3, 0.4) is 0 Å². The zero-order valence-electron chi connectivity index (χ0n) is 8.64. The summed E-state index contributed by atoms with van der Waals surface area (Å²) in [4.78, 5) is 2.25. The van der Waals surface area contributed by atoms with Crippen molar-refractivity contribution in [2.24, 2.45) is 11.5 Å². The maximum Gasteiger partial charge on any atom is 0.0407 e. The van der Waals surface area contributed by atoms with E-state index >= 15 is 0 Å². The number of nitrogens with zero attached hydrogens (tertiary/aromatic N) is 1. The Hall–Kier alpha value is -0.120. The van der Waals surface area contributed by atoms with Crippen LogP contribution >= 0.6 is 0 Å². The number of likely N-dealkylation sites (N-methyl/N-ethyl adjacent to an activating group) is 1. The third-order valence-corrected chi connectivity index (χ3v) is 2.21. The van der Waals surface area contributed by atoms with Gasteiger partial charge < -0.3 is 16.4 Å². The molecule has 1 rings (SSSR count). The molecule has 0 radical (unpaired) electrons. The van der Waals surface area contributed by atoms with Gasteiger partial charge in [0.05, 0.1) is 0 Å². The molecule has 0 spiro atoms. The van der Waals surface area contributed by atoms with E-state index in [9.17, 15) is 0 Å². The summed E-state index contributed by atoms with van der Waals surface area (Å²) in [5.41, 5.74) is 11.4. The first-order chi connectivity index (χ1) is 5.66. The molecule has 0 bridgehead atoms. The summed E-state index contributed by atoms with van der Waals surface area (Å²) in [7, 11) is 2.09. The first-order valence-electron chi connectivity index (χ1n) is 4.84. The largest absolute Gasteiger partial charge is 0.329 e. The molecule has 0 saturated carbocycles. The standard InChI is InChI=1S/C7H17N3.C2H6/c1-10-4-2-3-7(9,5-8)6-10;1-2/h2-6,8-9H2,1H3;1-2H3. The SMILES string of the molecule is CC.CN1CCCC(N)(CN)C1. The lowest BCUT2D eigenvalue weighted by Crippen LogP contribution is -2.57. The molecule has 1 saturated heterocycles. The maximum absolute atomic E-state index is 5.98. The Bertz CT molecular complexity index is 116. The van der Waals surface area contributed by atoms with Gasteiger partial charge in [0.25, 0.3) is 0 Å². The van der Waals surface area contributed by atoms with E-state index in [1.54, 1.807) is 0 Å². The van der Waals surface area contributed by atoms with Crippen LogP contribution < -0.4 is 11.5 Å². The van der Waals surface area contributed by atoms with Crippen molar-refractivity contribution in [1.29, 1.82) is 0 Å². The van der Waals surface area contributed by atoms with Crippen LogP contribution in [0.1, 0.15) is 26.7 Å². The molecule has 1 aliphatic heterocycles.